The van der Waals surface area contributed by atoms with E-state index >= 15 is 0 Å². The van der Waals surface area contributed by atoms with Crippen LogP contribution in [0.15, 0.2) is 21.4 Å². The van der Waals surface area contributed by atoms with Gasteiger partial charge in [0.1, 0.15) is 0 Å². The second-order valence-electron chi connectivity index (χ2n) is 3.30. The Morgan fingerprint density at radius 1 is 1.69 bits per heavy atom. The van der Waals surface area contributed by atoms with E-state index in [4.69, 9.17) is 22.4 Å². The minimum absolute atomic E-state index is 0.129. The van der Waals surface area contributed by atoms with Gasteiger partial charge in [-0.2, -0.15) is 0 Å². The van der Waals surface area contributed by atoms with Crippen LogP contribution in [0.1, 0.15) is 23.7 Å². The first-order valence-corrected chi connectivity index (χ1v) is 6.07. The molecule has 6 heteroatoms. The van der Waals surface area contributed by atoms with Gasteiger partial charge in [-0.05, 0) is 28.4 Å². The normalized spacial score (nSPS) is 10.1. The number of carbonyl (C=O) groups excluding carboxylic acids is 1. The predicted molar refractivity (Wildman–Crippen MR) is 69.4 cm³/mol. The first-order chi connectivity index (χ1) is 7.56. The Balaban J connectivity index is 2.82. The molecule has 0 saturated carbocycles. The van der Waals surface area contributed by atoms with Crippen molar-refractivity contribution in [2.75, 3.05) is 13.1 Å². The summed E-state index contributed by atoms with van der Waals surface area (Å²) in [5.74, 6) is -0.129. The van der Waals surface area contributed by atoms with Crippen LogP contribution in [-0.2, 0) is 0 Å². The van der Waals surface area contributed by atoms with Crippen LogP contribution in [0.2, 0.25) is 0 Å². The molecule has 0 saturated heterocycles. The number of halogens is 1. The van der Waals surface area contributed by atoms with Crippen molar-refractivity contribution in [3.8, 4) is 0 Å². The molecule has 1 rings (SSSR count). The van der Waals surface area contributed by atoms with Crippen molar-refractivity contribution in [2.45, 2.75) is 13.3 Å². The van der Waals surface area contributed by atoms with Crippen LogP contribution in [0.4, 0.5) is 0 Å². The second kappa shape index (κ2) is 6.00. The highest BCUT2D eigenvalue weighted by Gasteiger charge is 2.19. The Bertz CT molecular complexity index is 392. The Morgan fingerprint density at radius 3 is 2.81 bits per heavy atom. The highest BCUT2D eigenvalue weighted by molar-refractivity contribution is 9.10. The van der Waals surface area contributed by atoms with Crippen LogP contribution in [0.25, 0.3) is 0 Å². The number of amides is 1. The zero-order valence-electron chi connectivity index (χ0n) is 8.90. The van der Waals surface area contributed by atoms with E-state index in [9.17, 15) is 4.79 Å². The minimum atomic E-state index is -0.129. The van der Waals surface area contributed by atoms with E-state index in [1.165, 1.54) is 6.26 Å². The van der Waals surface area contributed by atoms with Crippen molar-refractivity contribution in [2.24, 2.45) is 5.73 Å². The third kappa shape index (κ3) is 3.31. The first kappa shape index (κ1) is 13.2. The zero-order valence-corrected chi connectivity index (χ0v) is 11.3. The molecule has 0 spiro atoms. The maximum atomic E-state index is 12.1. The van der Waals surface area contributed by atoms with Crippen LogP contribution in [0, 0.1) is 0 Å². The summed E-state index contributed by atoms with van der Waals surface area (Å²) in [6, 6.07) is 1.62. The fourth-order valence-electron chi connectivity index (χ4n) is 1.33. The van der Waals surface area contributed by atoms with E-state index in [2.05, 4.69) is 15.9 Å². The Kier molecular flexibility index (Phi) is 4.95. The third-order valence-electron chi connectivity index (χ3n) is 1.98. The van der Waals surface area contributed by atoms with Gasteiger partial charge < -0.3 is 15.1 Å². The summed E-state index contributed by atoms with van der Waals surface area (Å²) in [4.78, 5) is 14.0. The smallest absolute Gasteiger partial charge is 0.258 e. The van der Waals surface area contributed by atoms with Gasteiger partial charge >= 0.3 is 0 Å². The Labute approximate surface area is 108 Å². The van der Waals surface area contributed by atoms with E-state index in [1.54, 1.807) is 11.0 Å². The van der Waals surface area contributed by atoms with E-state index in [0.29, 0.717) is 28.3 Å². The lowest BCUT2D eigenvalue weighted by molar-refractivity contribution is 0.0778. The van der Waals surface area contributed by atoms with Crippen molar-refractivity contribution in [1.82, 2.24) is 4.90 Å². The van der Waals surface area contributed by atoms with Crippen molar-refractivity contribution in [3.05, 3.63) is 22.6 Å². The van der Waals surface area contributed by atoms with Gasteiger partial charge in [0.2, 0.25) is 0 Å². The number of nitrogens with two attached hydrogens (primary N) is 1. The number of furan rings is 1. The van der Waals surface area contributed by atoms with Gasteiger partial charge in [-0.3, -0.25) is 4.79 Å². The Hall–Kier alpha value is -0.880. The quantitative estimate of drug-likeness (QED) is 0.847. The molecule has 1 aromatic rings. The molecule has 0 aliphatic rings. The number of rotatable bonds is 5. The molecule has 0 aliphatic heterocycles. The molecule has 1 amide bonds. The summed E-state index contributed by atoms with van der Waals surface area (Å²) in [5, 5.41) is 0. The number of hydrogen-bond acceptors (Lipinski definition) is 3. The molecule has 0 bridgehead atoms. The Morgan fingerprint density at radius 2 is 2.38 bits per heavy atom. The van der Waals surface area contributed by atoms with Gasteiger partial charge in [0.15, 0.2) is 4.67 Å². The van der Waals surface area contributed by atoms with Crippen molar-refractivity contribution < 1.29 is 9.21 Å². The first-order valence-electron chi connectivity index (χ1n) is 4.86. The summed E-state index contributed by atoms with van der Waals surface area (Å²) in [5.41, 5.74) is 5.95. The van der Waals surface area contributed by atoms with Gasteiger partial charge in [0.05, 0.1) is 23.4 Å². The van der Waals surface area contributed by atoms with E-state index in [0.717, 1.165) is 6.42 Å². The lowest BCUT2D eigenvalue weighted by Crippen LogP contribution is -2.38. The maximum absolute atomic E-state index is 12.1. The largest absolute Gasteiger partial charge is 0.457 e. The van der Waals surface area contributed by atoms with Crippen molar-refractivity contribution in [1.29, 1.82) is 0 Å². The molecule has 0 aliphatic carbocycles. The summed E-state index contributed by atoms with van der Waals surface area (Å²) in [7, 11) is 0. The predicted octanol–water partition coefficient (Wildman–Crippen LogP) is 2.18. The van der Waals surface area contributed by atoms with E-state index in [-0.39, 0.29) is 5.91 Å². The topological polar surface area (TPSA) is 59.5 Å². The number of nitrogens with zero attached hydrogens (tertiary/aromatic N) is 1. The number of carbonyl (C=O) groups is 1. The van der Waals surface area contributed by atoms with Gasteiger partial charge in [-0.25, -0.2) is 0 Å². The molecule has 4 nitrogen and oxygen atoms in total. The average molecular weight is 305 g/mol. The molecule has 0 radical (unpaired) electrons. The number of hydrogen-bond donors (Lipinski definition) is 1. The van der Waals surface area contributed by atoms with Crippen molar-refractivity contribution in [3.63, 3.8) is 0 Å². The molecular weight excluding hydrogens is 292 g/mol. The van der Waals surface area contributed by atoms with Gasteiger partial charge in [0.25, 0.3) is 5.91 Å². The third-order valence-corrected chi connectivity index (χ3v) is 2.72. The number of thiocarbonyl (C=S) groups is 1. The molecule has 88 valence electrons. The van der Waals surface area contributed by atoms with Gasteiger partial charge in [0, 0.05) is 6.54 Å². The highest BCUT2D eigenvalue weighted by Crippen LogP contribution is 2.19. The summed E-state index contributed by atoms with van der Waals surface area (Å²) >= 11 is 7.99. The van der Waals surface area contributed by atoms with E-state index < -0.39 is 0 Å². The van der Waals surface area contributed by atoms with E-state index in [1.807, 2.05) is 6.92 Å². The molecule has 16 heavy (non-hydrogen) atoms. The average Bonchev–Trinajstić information content (AvgIpc) is 2.62. The summed E-state index contributed by atoms with van der Waals surface area (Å²) in [6.07, 6.45) is 2.31. The van der Waals surface area contributed by atoms with Crippen molar-refractivity contribution >= 4 is 39.0 Å². The van der Waals surface area contributed by atoms with Crippen LogP contribution in [0.5, 0.6) is 0 Å². The molecular formula is C10H13BrN2O2S. The maximum Gasteiger partial charge on any atom is 0.258 e. The summed E-state index contributed by atoms with van der Waals surface area (Å²) in [6.45, 7) is 2.90. The molecule has 0 aromatic carbocycles. The zero-order chi connectivity index (χ0) is 12.1. The van der Waals surface area contributed by atoms with Gasteiger partial charge in [-0.1, -0.05) is 19.1 Å². The molecule has 0 unspecified atom stereocenters. The molecule has 2 N–H and O–H groups in total. The van der Waals surface area contributed by atoms with Crippen LogP contribution < -0.4 is 5.73 Å². The molecule has 1 heterocycles. The SMILES string of the molecule is CCCN(CC(N)=S)C(=O)c1ccoc1Br. The molecule has 1 aromatic heterocycles. The fraction of sp³-hybridized carbons (Fsp3) is 0.400. The van der Waals surface area contributed by atoms with Crippen LogP contribution in [-0.4, -0.2) is 28.9 Å². The van der Waals surface area contributed by atoms with Crippen LogP contribution >= 0.6 is 28.1 Å². The standard InChI is InChI=1S/C10H13BrN2O2S/c1-2-4-13(6-8(12)16)10(14)7-3-5-15-9(7)11/h3,5H,2,4,6H2,1H3,(H2,12,16). The molecule has 0 atom stereocenters. The monoisotopic (exact) mass is 304 g/mol. The fourth-order valence-corrected chi connectivity index (χ4v) is 1.89. The minimum Gasteiger partial charge on any atom is -0.457 e. The highest BCUT2D eigenvalue weighted by atomic mass is 79.9. The lowest BCUT2D eigenvalue weighted by Gasteiger charge is -2.20. The van der Waals surface area contributed by atoms with Gasteiger partial charge in [-0.15, -0.1) is 0 Å². The second-order valence-corrected chi connectivity index (χ2v) is 4.55. The summed E-state index contributed by atoms with van der Waals surface area (Å²) < 4.78 is 5.46. The van der Waals surface area contributed by atoms with Crippen LogP contribution in [0.3, 0.4) is 0 Å². The lowest BCUT2D eigenvalue weighted by atomic mass is 10.2. The molecule has 0 fully saturated rings.